The Labute approximate surface area is 164 Å². The Morgan fingerprint density at radius 2 is 1.96 bits per heavy atom. The minimum absolute atomic E-state index is 0.00375. The highest BCUT2D eigenvalue weighted by atomic mass is 32.2. The summed E-state index contributed by atoms with van der Waals surface area (Å²) in [6, 6.07) is 6.76. The molecule has 1 amide bonds. The molecule has 152 valence electrons. The standard InChI is InChI=1S/C19H25N3O5S/c1-13(23)20-15-4-5-17-14(10-19(24)27-18(17)11-15)12-22-8-6-16(7-9-22)21(2)28(3,25)26/h4-5,10-11,16H,6-9,12H2,1-3H3,(H,20,23). The molecular formula is C19H25N3O5S. The van der Waals surface area contributed by atoms with Crippen LogP contribution in [-0.4, -0.2) is 56.0 Å². The van der Waals surface area contributed by atoms with Crippen LogP contribution < -0.4 is 10.9 Å². The number of nitrogens with zero attached hydrogens (tertiary/aromatic N) is 2. The van der Waals surface area contributed by atoms with Gasteiger partial charge >= 0.3 is 5.63 Å². The smallest absolute Gasteiger partial charge is 0.336 e. The van der Waals surface area contributed by atoms with E-state index < -0.39 is 15.6 Å². The second kappa shape index (κ2) is 8.02. The fraction of sp³-hybridized carbons (Fsp3) is 0.474. The molecular weight excluding hydrogens is 382 g/mol. The number of hydrogen-bond acceptors (Lipinski definition) is 6. The third kappa shape index (κ3) is 4.78. The van der Waals surface area contributed by atoms with E-state index in [-0.39, 0.29) is 11.9 Å². The number of benzene rings is 1. The lowest BCUT2D eigenvalue weighted by molar-refractivity contribution is -0.114. The van der Waals surface area contributed by atoms with Crippen LogP contribution in [0.2, 0.25) is 0 Å². The number of hydrogen-bond donors (Lipinski definition) is 1. The van der Waals surface area contributed by atoms with Crippen LogP contribution in [0.15, 0.2) is 33.5 Å². The Kier molecular flexibility index (Phi) is 5.87. The third-order valence-corrected chi connectivity index (χ3v) is 6.48. The first-order valence-corrected chi connectivity index (χ1v) is 11.0. The normalized spacial score (nSPS) is 16.6. The minimum Gasteiger partial charge on any atom is -0.423 e. The van der Waals surface area contributed by atoms with Gasteiger partial charge in [-0.15, -0.1) is 0 Å². The van der Waals surface area contributed by atoms with Crippen LogP contribution in [0.3, 0.4) is 0 Å². The molecule has 1 aliphatic heterocycles. The molecule has 1 aromatic heterocycles. The van der Waals surface area contributed by atoms with E-state index in [9.17, 15) is 18.0 Å². The highest BCUT2D eigenvalue weighted by Crippen LogP contribution is 2.24. The molecule has 9 heteroatoms. The zero-order valence-corrected chi connectivity index (χ0v) is 17.1. The molecule has 3 rings (SSSR count). The first kappa shape index (κ1) is 20.5. The summed E-state index contributed by atoms with van der Waals surface area (Å²) in [5.74, 6) is -0.195. The van der Waals surface area contributed by atoms with Gasteiger partial charge in [0, 0.05) is 62.9 Å². The van der Waals surface area contributed by atoms with Crippen molar-refractivity contribution in [3.63, 3.8) is 0 Å². The average molecular weight is 407 g/mol. The summed E-state index contributed by atoms with van der Waals surface area (Å²) in [5, 5.41) is 3.50. The Morgan fingerprint density at radius 3 is 2.57 bits per heavy atom. The summed E-state index contributed by atoms with van der Waals surface area (Å²) in [5.41, 5.74) is 1.43. The number of amides is 1. The fourth-order valence-corrected chi connectivity index (χ4v) is 4.35. The van der Waals surface area contributed by atoms with Crippen molar-refractivity contribution in [2.24, 2.45) is 0 Å². The highest BCUT2D eigenvalue weighted by molar-refractivity contribution is 7.88. The van der Waals surface area contributed by atoms with Crippen molar-refractivity contribution in [3.05, 3.63) is 40.2 Å². The summed E-state index contributed by atoms with van der Waals surface area (Å²) in [6.45, 7) is 3.49. The maximum absolute atomic E-state index is 12.0. The lowest BCUT2D eigenvalue weighted by Crippen LogP contribution is -2.45. The number of carbonyl (C=O) groups is 1. The zero-order valence-electron chi connectivity index (χ0n) is 16.3. The van der Waals surface area contributed by atoms with Crippen LogP contribution in [0.5, 0.6) is 0 Å². The van der Waals surface area contributed by atoms with Gasteiger partial charge in [-0.1, -0.05) is 0 Å². The summed E-state index contributed by atoms with van der Waals surface area (Å²) < 4.78 is 30.2. The molecule has 0 spiro atoms. The number of rotatable bonds is 5. The van der Waals surface area contributed by atoms with Gasteiger partial charge in [-0.05, 0) is 30.5 Å². The molecule has 1 N–H and O–H groups in total. The number of carbonyl (C=O) groups excluding carboxylic acids is 1. The molecule has 1 saturated heterocycles. The minimum atomic E-state index is -3.19. The van der Waals surface area contributed by atoms with Crippen molar-refractivity contribution in [1.82, 2.24) is 9.21 Å². The molecule has 8 nitrogen and oxygen atoms in total. The molecule has 0 saturated carbocycles. The Bertz CT molecular complexity index is 1040. The number of fused-ring (bicyclic) bond motifs is 1. The molecule has 0 bridgehead atoms. The molecule has 1 fully saturated rings. The van der Waals surface area contributed by atoms with E-state index in [2.05, 4.69) is 10.2 Å². The van der Waals surface area contributed by atoms with Gasteiger partial charge in [-0.25, -0.2) is 17.5 Å². The Balaban J connectivity index is 1.76. The van der Waals surface area contributed by atoms with Crippen LogP contribution >= 0.6 is 0 Å². The summed E-state index contributed by atoms with van der Waals surface area (Å²) in [4.78, 5) is 25.4. The fourth-order valence-electron chi connectivity index (χ4n) is 3.59. The predicted octanol–water partition coefficient (Wildman–Crippen LogP) is 1.61. The van der Waals surface area contributed by atoms with Crippen LogP contribution in [0.25, 0.3) is 11.0 Å². The lowest BCUT2D eigenvalue weighted by atomic mass is 10.0. The van der Waals surface area contributed by atoms with E-state index in [4.69, 9.17) is 4.42 Å². The van der Waals surface area contributed by atoms with Gasteiger partial charge in [0.15, 0.2) is 0 Å². The maximum Gasteiger partial charge on any atom is 0.336 e. The van der Waals surface area contributed by atoms with Gasteiger partial charge in [-0.2, -0.15) is 0 Å². The van der Waals surface area contributed by atoms with Crippen LogP contribution in [0.1, 0.15) is 25.3 Å². The monoisotopic (exact) mass is 407 g/mol. The maximum atomic E-state index is 12.0. The SMILES string of the molecule is CC(=O)Nc1ccc2c(CN3CCC(N(C)S(C)(=O)=O)CC3)cc(=O)oc2c1. The first-order chi connectivity index (χ1) is 13.1. The molecule has 2 heterocycles. The van der Waals surface area contributed by atoms with Crippen molar-refractivity contribution >= 4 is 32.6 Å². The summed E-state index contributed by atoms with van der Waals surface area (Å²) in [7, 11) is -1.57. The summed E-state index contributed by atoms with van der Waals surface area (Å²) >= 11 is 0. The second-order valence-electron chi connectivity index (χ2n) is 7.27. The largest absolute Gasteiger partial charge is 0.423 e. The van der Waals surface area contributed by atoms with Crippen LogP contribution in [0, 0.1) is 0 Å². The molecule has 0 radical (unpaired) electrons. The molecule has 1 aromatic carbocycles. The molecule has 2 aromatic rings. The van der Waals surface area contributed by atoms with Gasteiger partial charge in [0.2, 0.25) is 15.9 Å². The van der Waals surface area contributed by atoms with Crippen LogP contribution in [-0.2, 0) is 21.4 Å². The van der Waals surface area contributed by atoms with Gasteiger partial charge in [0.25, 0.3) is 0 Å². The zero-order chi connectivity index (χ0) is 20.5. The Hall–Kier alpha value is -2.23. The molecule has 1 aliphatic rings. The molecule has 0 unspecified atom stereocenters. The average Bonchev–Trinajstić information content (AvgIpc) is 2.60. The van der Waals surface area contributed by atoms with Crippen molar-refractivity contribution in [1.29, 1.82) is 0 Å². The van der Waals surface area contributed by atoms with E-state index in [0.29, 0.717) is 17.8 Å². The number of likely N-dealkylation sites (tertiary alicyclic amines) is 1. The van der Waals surface area contributed by atoms with E-state index in [1.54, 1.807) is 19.2 Å². The van der Waals surface area contributed by atoms with Crippen molar-refractivity contribution in [2.75, 3.05) is 31.7 Å². The van der Waals surface area contributed by atoms with Gasteiger partial charge in [0.1, 0.15) is 5.58 Å². The second-order valence-corrected chi connectivity index (χ2v) is 9.31. The summed E-state index contributed by atoms with van der Waals surface area (Å²) in [6.07, 6.45) is 2.72. The van der Waals surface area contributed by atoms with E-state index in [1.807, 2.05) is 6.07 Å². The third-order valence-electron chi connectivity index (χ3n) is 5.14. The quantitative estimate of drug-likeness (QED) is 0.756. The van der Waals surface area contributed by atoms with Crippen molar-refractivity contribution < 1.29 is 17.6 Å². The lowest BCUT2D eigenvalue weighted by Gasteiger charge is -2.35. The van der Waals surface area contributed by atoms with Gasteiger partial charge in [0.05, 0.1) is 6.26 Å². The number of nitrogens with one attached hydrogen (secondary N) is 1. The van der Waals surface area contributed by atoms with E-state index >= 15 is 0 Å². The predicted molar refractivity (Wildman–Crippen MR) is 108 cm³/mol. The van der Waals surface area contributed by atoms with E-state index in [0.717, 1.165) is 36.9 Å². The first-order valence-electron chi connectivity index (χ1n) is 9.13. The van der Waals surface area contributed by atoms with E-state index in [1.165, 1.54) is 23.6 Å². The molecule has 28 heavy (non-hydrogen) atoms. The van der Waals surface area contributed by atoms with Crippen molar-refractivity contribution in [2.45, 2.75) is 32.4 Å². The van der Waals surface area contributed by atoms with Gasteiger partial charge in [-0.3, -0.25) is 9.69 Å². The van der Waals surface area contributed by atoms with Crippen LogP contribution in [0.4, 0.5) is 5.69 Å². The topological polar surface area (TPSA) is 99.9 Å². The number of piperidine rings is 1. The number of sulfonamides is 1. The Morgan fingerprint density at radius 1 is 1.29 bits per heavy atom. The molecule has 0 aliphatic carbocycles. The molecule has 0 atom stereocenters. The number of anilines is 1. The highest BCUT2D eigenvalue weighted by Gasteiger charge is 2.27. The van der Waals surface area contributed by atoms with Crippen molar-refractivity contribution in [3.8, 4) is 0 Å². The van der Waals surface area contributed by atoms with Gasteiger partial charge < -0.3 is 9.73 Å².